The van der Waals surface area contributed by atoms with E-state index in [0.29, 0.717) is 12.6 Å². The standard InChI is InChI=1S/C18H25NO2/c19-13-18(10-3-1-2-4-11-18)17(20)14-6-5-7-16(12-14)21-15-8-9-15/h5-7,12,15H,1-4,8-11,13,19H2. The van der Waals surface area contributed by atoms with Crippen molar-refractivity contribution in [3.63, 3.8) is 0 Å². The molecule has 0 atom stereocenters. The van der Waals surface area contributed by atoms with Crippen LogP contribution in [0.2, 0.25) is 0 Å². The van der Waals surface area contributed by atoms with E-state index in [0.717, 1.165) is 49.8 Å². The van der Waals surface area contributed by atoms with Crippen LogP contribution in [0.5, 0.6) is 5.75 Å². The smallest absolute Gasteiger partial charge is 0.170 e. The predicted octanol–water partition coefficient (Wildman–Crippen LogP) is 3.71. The summed E-state index contributed by atoms with van der Waals surface area (Å²) in [4.78, 5) is 13.0. The fraction of sp³-hybridized carbons (Fsp3) is 0.611. The number of carbonyl (C=O) groups is 1. The van der Waals surface area contributed by atoms with Crippen LogP contribution < -0.4 is 10.5 Å². The van der Waals surface area contributed by atoms with Crippen molar-refractivity contribution >= 4 is 5.78 Å². The summed E-state index contributed by atoms with van der Waals surface area (Å²) in [5.41, 5.74) is 6.43. The van der Waals surface area contributed by atoms with Gasteiger partial charge in [0.05, 0.1) is 6.10 Å². The average Bonchev–Trinajstić information content (AvgIpc) is 3.33. The van der Waals surface area contributed by atoms with Gasteiger partial charge in [-0.2, -0.15) is 0 Å². The molecule has 2 aliphatic rings. The lowest BCUT2D eigenvalue weighted by Crippen LogP contribution is -2.38. The van der Waals surface area contributed by atoms with Gasteiger partial charge in [0.15, 0.2) is 5.78 Å². The molecule has 0 amide bonds. The zero-order valence-electron chi connectivity index (χ0n) is 12.6. The normalized spacial score (nSPS) is 21.6. The van der Waals surface area contributed by atoms with Crippen LogP contribution in [0.4, 0.5) is 0 Å². The first kappa shape index (κ1) is 14.6. The molecule has 1 aromatic carbocycles. The summed E-state index contributed by atoms with van der Waals surface area (Å²) in [6.45, 7) is 0.458. The highest BCUT2D eigenvalue weighted by Crippen LogP contribution is 2.38. The number of hydrogen-bond donors (Lipinski definition) is 1. The Balaban J connectivity index is 1.81. The van der Waals surface area contributed by atoms with Gasteiger partial charge < -0.3 is 10.5 Å². The van der Waals surface area contributed by atoms with Gasteiger partial charge in [0.25, 0.3) is 0 Å². The highest BCUT2D eigenvalue weighted by atomic mass is 16.5. The molecule has 3 rings (SSSR count). The first-order valence-corrected chi connectivity index (χ1v) is 8.25. The van der Waals surface area contributed by atoms with Crippen molar-refractivity contribution in [3.05, 3.63) is 29.8 Å². The largest absolute Gasteiger partial charge is 0.490 e. The van der Waals surface area contributed by atoms with E-state index in [1.165, 1.54) is 12.8 Å². The van der Waals surface area contributed by atoms with Crippen molar-refractivity contribution in [2.75, 3.05) is 6.54 Å². The number of hydrogen-bond acceptors (Lipinski definition) is 3. The van der Waals surface area contributed by atoms with Gasteiger partial charge in [-0.05, 0) is 37.8 Å². The lowest BCUT2D eigenvalue weighted by Gasteiger charge is -2.29. The van der Waals surface area contributed by atoms with Gasteiger partial charge in [-0.25, -0.2) is 0 Å². The minimum Gasteiger partial charge on any atom is -0.490 e. The van der Waals surface area contributed by atoms with Gasteiger partial charge in [-0.3, -0.25) is 4.79 Å². The van der Waals surface area contributed by atoms with Crippen LogP contribution in [-0.4, -0.2) is 18.4 Å². The van der Waals surface area contributed by atoms with Crippen LogP contribution in [0.25, 0.3) is 0 Å². The Morgan fingerprint density at radius 3 is 2.52 bits per heavy atom. The topological polar surface area (TPSA) is 52.3 Å². The summed E-state index contributed by atoms with van der Waals surface area (Å²) in [5.74, 6) is 1.04. The van der Waals surface area contributed by atoms with Crippen LogP contribution in [-0.2, 0) is 0 Å². The first-order valence-electron chi connectivity index (χ1n) is 8.25. The number of ketones is 1. The first-order chi connectivity index (χ1) is 10.2. The summed E-state index contributed by atoms with van der Waals surface area (Å²) in [7, 11) is 0. The minimum atomic E-state index is -0.352. The molecule has 21 heavy (non-hydrogen) atoms. The average molecular weight is 287 g/mol. The SMILES string of the molecule is NCC1(C(=O)c2cccc(OC3CC3)c2)CCCCCC1. The lowest BCUT2D eigenvalue weighted by molar-refractivity contribution is 0.0773. The van der Waals surface area contributed by atoms with Gasteiger partial charge in [0, 0.05) is 17.5 Å². The molecular formula is C18H25NO2. The van der Waals surface area contributed by atoms with Crippen molar-refractivity contribution in [1.29, 1.82) is 0 Å². The van der Waals surface area contributed by atoms with Crippen LogP contribution in [0.15, 0.2) is 24.3 Å². The van der Waals surface area contributed by atoms with E-state index in [-0.39, 0.29) is 11.2 Å². The third-order valence-electron chi connectivity index (χ3n) is 4.86. The van der Waals surface area contributed by atoms with Gasteiger partial charge in [0.1, 0.15) is 5.75 Å². The molecule has 2 aliphatic carbocycles. The Morgan fingerprint density at radius 2 is 1.90 bits per heavy atom. The highest BCUT2D eigenvalue weighted by molar-refractivity contribution is 6.01. The lowest BCUT2D eigenvalue weighted by atomic mass is 9.74. The molecule has 0 spiro atoms. The maximum Gasteiger partial charge on any atom is 0.170 e. The quantitative estimate of drug-likeness (QED) is 0.663. The van der Waals surface area contributed by atoms with E-state index < -0.39 is 0 Å². The van der Waals surface area contributed by atoms with Crippen molar-refractivity contribution < 1.29 is 9.53 Å². The predicted molar refractivity (Wildman–Crippen MR) is 83.6 cm³/mol. The molecule has 0 bridgehead atoms. The summed E-state index contributed by atoms with van der Waals surface area (Å²) < 4.78 is 5.81. The molecule has 1 aromatic rings. The molecule has 0 unspecified atom stereocenters. The van der Waals surface area contributed by atoms with Gasteiger partial charge in [0.2, 0.25) is 0 Å². The van der Waals surface area contributed by atoms with Crippen molar-refractivity contribution in [1.82, 2.24) is 0 Å². The van der Waals surface area contributed by atoms with E-state index in [2.05, 4.69) is 0 Å². The molecule has 3 nitrogen and oxygen atoms in total. The summed E-state index contributed by atoms with van der Waals surface area (Å²) in [6.07, 6.45) is 9.14. The minimum absolute atomic E-state index is 0.216. The number of nitrogens with two attached hydrogens (primary N) is 1. The van der Waals surface area contributed by atoms with Crippen molar-refractivity contribution in [3.8, 4) is 5.75 Å². The van der Waals surface area contributed by atoms with E-state index in [1.54, 1.807) is 0 Å². The maximum absolute atomic E-state index is 13.0. The zero-order chi connectivity index (χ0) is 14.7. The van der Waals surface area contributed by atoms with E-state index in [4.69, 9.17) is 10.5 Å². The molecule has 2 saturated carbocycles. The molecule has 0 saturated heterocycles. The third kappa shape index (κ3) is 3.29. The molecule has 3 heteroatoms. The maximum atomic E-state index is 13.0. The number of benzene rings is 1. The van der Waals surface area contributed by atoms with Crippen LogP contribution in [0, 0.1) is 5.41 Å². The number of ether oxygens (including phenoxy) is 1. The molecule has 2 N–H and O–H groups in total. The second-order valence-corrected chi connectivity index (χ2v) is 6.57. The fourth-order valence-corrected chi connectivity index (χ4v) is 3.32. The second kappa shape index (κ2) is 6.18. The molecule has 114 valence electrons. The Hall–Kier alpha value is -1.35. The van der Waals surface area contributed by atoms with Gasteiger partial charge in [-0.15, -0.1) is 0 Å². The molecule has 2 fully saturated rings. The van der Waals surface area contributed by atoms with Gasteiger partial charge in [-0.1, -0.05) is 37.8 Å². The Kier molecular flexibility index (Phi) is 4.29. The Morgan fingerprint density at radius 1 is 1.19 bits per heavy atom. The molecule has 0 aliphatic heterocycles. The van der Waals surface area contributed by atoms with E-state index >= 15 is 0 Å². The molecule has 0 radical (unpaired) electrons. The van der Waals surface area contributed by atoms with Crippen LogP contribution in [0.1, 0.15) is 61.7 Å². The summed E-state index contributed by atoms with van der Waals surface area (Å²) in [5, 5.41) is 0. The third-order valence-corrected chi connectivity index (χ3v) is 4.86. The van der Waals surface area contributed by atoms with E-state index in [1.807, 2.05) is 24.3 Å². The Bertz CT molecular complexity index is 500. The van der Waals surface area contributed by atoms with Crippen LogP contribution in [0.3, 0.4) is 0 Å². The second-order valence-electron chi connectivity index (χ2n) is 6.57. The Labute approximate surface area is 126 Å². The highest BCUT2D eigenvalue weighted by Gasteiger charge is 2.37. The summed E-state index contributed by atoms with van der Waals surface area (Å²) in [6, 6.07) is 7.68. The monoisotopic (exact) mass is 287 g/mol. The molecule has 0 aromatic heterocycles. The van der Waals surface area contributed by atoms with Crippen molar-refractivity contribution in [2.45, 2.75) is 57.5 Å². The molecule has 0 heterocycles. The van der Waals surface area contributed by atoms with Gasteiger partial charge >= 0.3 is 0 Å². The van der Waals surface area contributed by atoms with E-state index in [9.17, 15) is 4.79 Å². The number of carbonyl (C=O) groups excluding carboxylic acids is 1. The molecular weight excluding hydrogens is 262 g/mol. The zero-order valence-corrected chi connectivity index (χ0v) is 12.6. The van der Waals surface area contributed by atoms with Crippen molar-refractivity contribution in [2.24, 2.45) is 11.1 Å². The number of Topliss-reactive ketones (excluding diaryl/α,β-unsaturated/α-hetero) is 1. The summed E-state index contributed by atoms with van der Waals surface area (Å²) >= 11 is 0. The fourth-order valence-electron chi connectivity index (χ4n) is 3.32. The number of rotatable bonds is 5. The van der Waals surface area contributed by atoms with Crippen LogP contribution >= 0.6 is 0 Å².